The molecule has 0 unspecified atom stereocenters. The van der Waals surface area contributed by atoms with E-state index in [0.29, 0.717) is 29.1 Å². The molecule has 1 heterocycles. The van der Waals surface area contributed by atoms with Gasteiger partial charge in [-0.1, -0.05) is 0 Å². The summed E-state index contributed by atoms with van der Waals surface area (Å²) in [6.07, 6.45) is 1.52. The van der Waals surface area contributed by atoms with Crippen LogP contribution in [0, 0.1) is 0 Å². The van der Waals surface area contributed by atoms with Crippen LogP contribution in [0.5, 0.6) is 5.75 Å². The summed E-state index contributed by atoms with van der Waals surface area (Å²) in [5.41, 5.74) is 1.20. The van der Waals surface area contributed by atoms with Crippen molar-refractivity contribution >= 4 is 27.5 Å². The Labute approximate surface area is 131 Å². The van der Waals surface area contributed by atoms with Gasteiger partial charge in [0.05, 0.1) is 12.2 Å². The maximum atomic E-state index is 12.0. The lowest BCUT2D eigenvalue weighted by Crippen LogP contribution is -2.12. The highest BCUT2D eigenvalue weighted by molar-refractivity contribution is 9.10. The highest BCUT2D eigenvalue weighted by atomic mass is 79.9. The van der Waals surface area contributed by atoms with Crippen LogP contribution in [0.25, 0.3) is 0 Å². The summed E-state index contributed by atoms with van der Waals surface area (Å²) in [7, 11) is 1.62. The molecule has 1 aromatic heterocycles. The lowest BCUT2D eigenvalue weighted by Gasteiger charge is -2.08. The first-order valence-electron chi connectivity index (χ1n) is 6.34. The zero-order chi connectivity index (χ0) is 15.1. The minimum Gasteiger partial charge on any atom is -0.491 e. The highest BCUT2D eigenvalue weighted by Gasteiger charge is 2.06. The maximum absolute atomic E-state index is 12.0. The molecule has 0 aliphatic carbocycles. The van der Waals surface area contributed by atoms with Gasteiger partial charge < -0.3 is 14.8 Å². The number of hydrogen-bond acceptors (Lipinski definition) is 4. The van der Waals surface area contributed by atoms with E-state index in [9.17, 15) is 4.79 Å². The van der Waals surface area contributed by atoms with Crippen LogP contribution in [-0.4, -0.2) is 31.2 Å². The fraction of sp³-hybridized carbons (Fsp3) is 0.200. The molecule has 21 heavy (non-hydrogen) atoms. The van der Waals surface area contributed by atoms with Gasteiger partial charge in [-0.3, -0.25) is 4.79 Å². The largest absolute Gasteiger partial charge is 0.491 e. The zero-order valence-corrected chi connectivity index (χ0v) is 13.1. The van der Waals surface area contributed by atoms with E-state index in [1.165, 1.54) is 6.20 Å². The van der Waals surface area contributed by atoms with Crippen LogP contribution < -0.4 is 10.1 Å². The molecule has 0 bridgehead atoms. The first-order valence-corrected chi connectivity index (χ1v) is 7.13. The molecule has 1 aromatic carbocycles. The lowest BCUT2D eigenvalue weighted by molar-refractivity contribution is 0.102. The quantitative estimate of drug-likeness (QED) is 0.642. The third kappa shape index (κ3) is 4.84. The number of aromatic nitrogens is 1. The Morgan fingerprint density at radius 2 is 1.95 bits per heavy atom. The number of pyridine rings is 1. The van der Waals surface area contributed by atoms with Gasteiger partial charge in [-0.2, -0.15) is 0 Å². The minimum absolute atomic E-state index is 0.206. The normalized spacial score (nSPS) is 10.2. The fourth-order valence-electron chi connectivity index (χ4n) is 1.59. The number of hydrogen-bond donors (Lipinski definition) is 1. The topological polar surface area (TPSA) is 60.5 Å². The molecule has 0 aliphatic rings. The molecule has 5 nitrogen and oxygen atoms in total. The number of rotatable bonds is 6. The third-order valence-electron chi connectivity index (χ3n) is 2.66. The van der Waals surface area contributed by atoms with Crippen molar-refractivity contribution in [2.45, 2.75) is 0 Å². The van der Waals surface area contributed by atoms with E-state index in [0.717, 1.165) is 5.75 Å². The van der Waals surface area contributed by atoms with E-state index in [1.807, 2.05) is 0 Å². The predicted molar refractivity (Wildman–Crippen MR) is 83.7 cm³/mol. The van der Waals surface area contributed by atoms with Crippen molar-refractivity contribution in [3.8, 4) is 5.75 Å². The molecule has 2 rings (SSSR count). The Morgan fingerprint density at radius 3 is 2.57 bits per heavy atom. The number of carbonyl (C=O) groups is 1. The van der Waals surface area contributed by atoms with Gasteiger partial charge in [0.1, 0.15) is 17.0 Å². The van der Waals surface area contributed by atoms with Crippen LogP contribution in [0.2, 0.25) is 0 Å². The van der Waals surface area contributed by atoms with Gasteiger partial charge in [-0.25, -0.2) is 4.98 Å². The Kier molecular flexibility index (Phi) is 5.71. The molecule has 0 saturated heterocycles. The number of ether oxygens (including phenoxy) is 2. The number of halogens is 1. The molecule has 6 heteroatoms. The molecule has 0 aliphatic heterocycles. The first kappa shape index (κ1) is 15.5. The molecule has 1 amide bonds. The van der Waals surface area contributed by atoms with Crippen molar-refractivity contribution in [2.24, 2.45) is 0 Å². The number of nitrogens with one attached hydrogen (secondary N) is 1. The predicted octanol–water partition coefficient (Wildman–Crippen LogP) is 3.12. The Bertz CT molecular complexity index is 585. The number of anilines is 1. The minimum atomic E-state index is -0.206. The summed E-state index contributed by atoms with van der Waals surface area (Å²) < 4.78 is 11.0. The number of amides is 1. The van der Waals surface area contributed by atoms with Crippen molar-refractivity contribution < 1.29 is 14.3 Å². The number of methoxy groups -OCH3 is 1. The van der Waals surface area contributed by atoms with Gasteiger partial charge >= 0.3 is 0 Å². The molecule has 110 valence electrons. The van der Waals surface area contributed by atoms with Crippen LogP contribution in [-0.2, 0) is 4.74 Å². The van der Waals surface area contributed by atoms with Gasteiger partial charge in [0.25, 0.3) is 5.91 Å². The molecular weight excluding hydrogens is 336 g/mol. The van der Waals surface area contributed by atoms with E-state index in [4.69, 9.17) is 9.47 Å². The van der Waals surface area contributed by atoms with Crippen LogP contribution in [0.4, 0.5) is 5.69 Å². The number of benzene rings is 1. The van der Waals surface area contributed by atoms with Gasteiger partial charge in [0, 0.05) is 19.0 Å². The second kappa shape index (κ2) is 7.75. The molecule has 1 N–H and O–H groups in total. The molecule has 2 aromatic rings. The van der Waals surface area contributed by atoms with Crippen molar-refractivity contribution in [3.05, 3.63) is 52.8 Å². The summed E-state index contributed by atoms with van der Waals surface area (Å²) in [4.78, 5) is 16.0. The Balaban J connectivity index is 1.93. The molecule has 0 radical (unpaired) electrons. The van der Waals surface area contributed by atoms with Crippen molar-refractivity contribution in [2.75, 3.05) is 25.6 Å². The molecule has 0 spiro atoms. The summed E-state index contributed by atoms with van der Waals surface area (Å²) in [6, 6.07) is 10.6. The number of nitrogens with zero attached hydrogens (tertiary/aromatic N) is 1. The maximum Gasteiger partial charge on any atom is 0.257 e. The average Bonchev–Trinajstić information content (AvgIpc) is 2.50. The molecular formula is C15H15BrN2O3. The zero-order valence-electron chi connectivity index (χ0n) is 11.5. The standard InChI is InChI=1S/C15H15BrN2O3/c1-20-8-9-21-13-5-3-12(4-6-13)18-15(19)11-2-7-14(16)17-10-11/h2-7,10H,8-9H2,1H3,(H,18,19). The second-order valence-corrected chi connectivity index (χ2v) is 5.00. The first-order chi connectivity index (χ1) is 10.2. The van der Waals surface area contributed by atoms with Gasteiger partial charge in [0.2, 0.25) is 0 Å². The van der Waals surface area contributed by atoms with E-state index in [-0.39, 0.29) is 5.91 Å². The smallest absolute Gasteiger partial charge is 0.257 e. The van der Waals surface area contributed by atoms with Crippen molar-refractivity contribution in [1.82, 2.24) is 4.98 Å². The number of carbonyl (C=O) groups excluding carboxylic acids is 1. The van der Waals surface area contributed by atoms with Crippen LogP contribution in [0.1, 0.15) is 10.4 Å². The Hall–Kier alpha value is -1.92. The average molecular weight is 351 g/mol. The van der Waals surface area contributed by atoms with Gasteiger partial charge in [-0.15, -0.1) is 0 Å². The van der Waals surface area contributed by atoms with Crippen LogP contribution >= 0.6 is 15.9 Å². The lowest BCUT2D eigenvalue weighted by atomic mass is 10.2. The van der Waals surface area contributed by atoms with Crippen LogP contribution in [0.3, 0.4) is 0 Å². The highest BCUT2D eigenvalue weighted by Crippen LogP contribution is 2.16. The summed E-state index contributed by atoms with van der Waals surface area (Å²) in [5.74, 6) is 0.526. The molecule has 0 saturated carbocycles. The summed E-state index contributed by atoms with van der Waals surface area (Å²) in [5, 5.41) is 2.80. The fourth-order valence-corrected chi connectivity index (χ4v) is 1.83. The SMILES string of the molecule is COCCOc1ccc(NC(=O)c2ccc(Br)nc2)cc1. The Morgan fingerprint density at radius 1 is 1.19 bits per heavy atom. The van der Waals surface area contributed by atoms with Crippen molar-refractivity contribution in [3.63, 3.8) is 0 Å². The van der Waals surface area contributed by atoms with E-state index in [1.54, 1.807) is 43.5 Å². The van der Waals surface area contributed by atoms with Crippen LogP contribution in [0.15, 0.2) is 47.2 Å². The van der Waals surface area contributed by atoms with Gasteiger partial charge in [-0.05, 0) is 52.3 Å². The van der Waals surface area contributed by atoms with Gasteiger partial charge in [0.15, 0.2) is 0 Å². The van der Waals surface area contributed by atoms with E-state index < -0.39 is 0 Å². The van der Waals surface area contributed by atoms with E-state index >= 15 is 0 Å². The summed E-state index contributed by atoms with van der Waals surface area (Å²) >= 11 is 3.23. The second-order valence-electron chi connectivity index (χ2n) is 4.19. The molecule has 0 atom stereocenters. The van der Waals surface area contributed by atoms with E-state index in [2.05, 4.69) is 26.2 Å². The van der Waals surface area contributed by atoms with Crippen molar-refractivity contribution in [1.29, 1.82) is 0 Å². The summed E-state index contributed by atoms with van der Waals surface area (Å²) in [6.45, 7) is 1.03. The third-order valence-corrected chi connectivity index (χ3v) is 3.13. The monoisotopic (exact) mass is 350 g/mol. The molecule has 0 fully saturated rings.